The summed E-state index contributed by atoms with van der Waals surface area (Å²) in [5, 5.41) is 4.28. The van der Waals surface area contributed by atoms with Crippen molar-refractivity contribution in [2.45, 2.75) is 26.4 Å². The van der Waals surface area contributed by atoms with Crippen molar-refractivity contribution in [3.8, 4) is 0 Å². The minimum absolute atomic E-state index is 0.496. The monoisotopic (exact) mass is 281 g/mol. The summed E-state index contributed by atoms with van der Waals surface area (Å²) in [7, 11) is 2.17. The standard InChI is InChI=1S/C15H24ClN3/c1-12(2)17-11-13-4-5-15(14(16)10-13)19-8-6-18(3)7-9-19/h4-5,10,12,17H,6-9,11H2,1-3H3. The van der Waals surface area contributed by atoms with Gasteiger partial charge in [0, 0.05) is 38.8 Å². The Hall–Kier alpha value is -0.770. The molecule has 1 aliphatic rings. The minimum atomic E-state index is 0.496. The van der Waals surface area contributed by atoms with E-state index in [1.54, 1.807) is 0 Å². The van der Waals surface area contributed by atoms with Crippen LogP contribution in [0.15, 0.2) is 18.2 Å². The molecule has 1 fully saturated rings. The summed E-state index contributed by atoms with van der Waals surface area (Å²) in [5.41, 5.74) is 2.42. The summed E-state index contributed by atoms with van der Waals surface area (Å²) in [6, 6.07) is 6.92. The van der Waals surface area contributed by atoms with Crippen LogP contribution in [0.2, 0.25) is 5.02 Å². The highest BCUT2D eigenvalue weighted by molar-refractivity contribution is 6.33. The van der Waals surface area contributed by atoms with E-state index in [0.717, 1.165) is 37.7 Å². The molecule has 1 N–H and O–H groups in total. The molecule has 0 amide bonds. The molecule has 0 spiro atoms. The van der Waals surface area contributed by atoms with Gasteiger partial charge in [-0.3, -0.25) is 0 Å². The van der Waals surface area contributed by atoms with Crippen LogP contribution in [-0.4, -0.2) is 44.2 Å². The van der Waals surface area contributed by atoms with Crippen molar-refractivity contribution in [2.75, 3.05) is 38.1 Å². The molecule has 1 heterocycles. The van der Waals surface area contributed by atoms with Crippen LogP contribution >= 0.6 is 11.6 Å². The van der Waals surface area contributed by atoms with E-state index in [4.69, 9.17) is 11.6 Å². The minimum Gasteiger partial charge on any atom is -0.368 e. The number of hydrogen-bond acceptors (Lipinski definition) is 3. The first-order valence-electron chi connectivity index (χ1n) is 7.01. The summed E-state index contributed by atoms with van der Waals surface area (Å²) in [4.78, 5) is 4.73. The second-order valence-electron chi connectivity index (χ2n) is 5.61. The second kappa shape index (κ2) is 6.60. The zero-order valence-corrected chi connectivity index (χ0v) is 12.9. The van der Waals surface area contributed by atoms with E-state index >= 15 is 0 Å². The lowest BCUT2D eigenvalue weighted by Crippen LogP contribution is -2.44. The molecule has 1 aliphatic heterocycles. The average molecular weight is 282 g/mol. The van der Waals surface area contributed by atoms with Crippen LogP contribution < -0.4 is 10.2 Å². The van der Waals surface area contributed by atoms with E-state index < -0.39 is 0 Å². The fraction of sp³-hybridized carbons (Fsp3) is 0.600. The lowest BCUT2D eigenvalue weighted by molar-refractivity contribution is 0.313. The van der Waals surface area contributed by atoms with Gasteiger partial charge >= 0.3 is 0 Å². The van der Waals surface area contributed by atoms with E-state index in [0.29, 0.717) is 6.04 Å². The van der Waals surface area contributed by atoms with Crippen molar-refractivity contribution in [3.05, 3.63) is 28.8 Å². The maximum atomic E-state index is 6.43. The Morgan fingerprint density at radius 1 is 1.21 bits per heavy atom. The Morgan fingerprint density at radius 3 is 2.47 bits per heavy atom. The van der Waals surface area contributed by atoms with Crippen molar-refractivity contribution < 1.29 is 0 Å². The third-order valence-corrected chi connectivity index (χ3v) is 3.87. The Labute approximate surface area is 121 Å². The highest BCUT2D eigenvalue weighted by Crippen LogP contribution is 2.27. The van der Waals surface area contributed by atoms with Crippen molar-refractivity contribution in [2.24, 2.45) is 0 Å². The third-order valence-electron chi connectivity index (χ3n) is 3.57. The van der Waals surface area contributed by atoms with E-state index in [9.17, 15) is 0 Å². The molecule has 3 nitrogen and oxygen atoms in total. The summed E-state index contributed by atoms with van der Waals surface area (Å²) in [6.45, 7) is 9.50. The van der Waals surface area contributed by atoms with E-state index in [2.05, 4.69) is 54.2 Å². The molecular weight excluding hydrogens is 258 g/mol. The molecule has 1 aromatic carbocycles. The largest absolute Gasteiger partial charge is 0.368 e. The molecule has 0 atom stereocenters. The molecule has 19 heavy (non-hydrogen) atoms. The highest BCUT2D eigenvalue weighted by Gasteiger charge is 2.16. The fourth-order valence-corrected chi connectivity index (χ4v) is 2.61. The van der Waals surface area contributed by atoms with Crippen LogP contribution in [0.5, 0.6) is 0 Å². The SMILES string of the molecule is CC(C)NCc1ccc(N2CCN(C)CC2)c(Cl)c1. The van der Waals surface area contributed by atoms with Crippen molar-refractivity contribution in [3.63, 3.8) is 0 Å². The van der Waals surface area contributed by atoms with Gasteiger partial charge < -0.3 is 15.1 Å². The Bertz CT molecular complexity index is 412. The Morgan fingerprint density at radius 2 is 1.89 bits per heavy atom. The Balaban J connectivity index is 2.02. The smallest absolute Gasteiger partial charge is 0.0642 e. The van der Waals surface area contributed by atoms with E-state index in [-0.39, 0.29) is 0 Å². The number of anilines is 1. The number of likely N-dealkylation sites (N-methyl/N-ethyl adjacent to an activating group) is 1. The van der Waals surface area contributed by atoms with Gasteiger partial charge in [-0.25, -0.2) is 0 Å². The zero-order valence-electron chi connectivity index (χ0n) is 12.1. The molecule has 0 radical (unpaired) electrons. The van der Waals surface area contributed by atoms with E-state index in [1.807, 2.05) is 0 Å². The van der Waals surface area contributed by atoms with Gasteiger partial charge in [0.15, 0.2) is 0 Å². The van der Waals surface area contributed by atoms with E-state index in [1.165, 1.54) is 11.3 Å². The quantitative estimate of drug-likeness (QED) is 0.915. The number of hydrogen-bond donors (Lipinski definition) is 1. The molecular formula is C15H24ClN3. The molecule has 0 saturated carbocycles. The van der Waals surface area contributed by atoms with Gasteiger partial charge in [0.2, 0.25) is 0 Å². The molecule has 1 aromatic rings. The van der Waals surface area contributed by atoms with Crippen molar-refractivity contribution >= 4 is 17.3 Å². The summed E-state index contributed by atoms with van der Waals surface area (Å²) in [6.07, 6.45) is 0. The maximum Gasteiger partial charge on any atom is 0.0642 e. The molecule has 106 valence electrons. The van der Waals surface area contributed by atoms with Gasteiger partial charge in [-0.2, -0.15) is 0 Å². The fourth-order valence-electron chi connectivity index (χ4n) is 2.29. The molecule has 1 saturated heterocycles. The highest BCUT2D eigenvalue weighted by atomic mass is 35.5. The predicted octanol–water partition coefficient (Wildman–Crippen LogP) is 2.59. The average Bonchev–Trinajstić information content (AvgIpc) is 2.38. The van der Waals surface area contributed by atoms with Crippen LogP contribution in [0.3, 0.4) is 0 Å². The lowest BCUT2D eigenvalue weighted by Gasteiger charge is -2.34. The molecule has 0 aromatic heterocycles. The normalized spacial score (nSPS) is 17.2. The van der Waals surface area contributed by atoms with Crippen LogP contribution in [0.25, 0.3) is 0 Å². The Kier molecular flexibility index (Phi) is 5.08. The first-order valence-corrected chi connectivity index (χ1v) is 7.39. The molecule has 0 aliphatic carbocycles. The number of piperazine rings is 1. The van der Waals surface area contributed by atoms with Gasteiger partial charge in [-0.1, -0.05) is 31.5 Å². The van der Waals surface area contributed by atoms with Gasteiger partial charge in [-0.05, 0) is 24.7 Å². The van der Waals surface area contributed by atoms with Gasteiger partial charge in [0.25, 0.3) is 0 Å². The molecule has 0 bridgehead atoms. The second-order valence-corrected chi connectivity index (χ2v) is 6.02. The molecule has 0 unspecified atom stereocenters. The topological polar surface area (TPSA) is 18.5 Å². The summed E-state index contributed by atoms with van der Waals surface area (Å²) in [5.74, 6) is 0. The lowest BCUT2D eigenvalue weighted by atomic mass is 10.1. The van der Waals surface area contributed by atoms with Gasteiger partial charge in [0.1, 0.15) is 0 Å². The van der Waals surface area contributed by atoms with Crippen LogP contribution in [0.1, 0.15) is 19.4 Å². The number of rotatable bonds is 4. The summed E-state index contributed by atoms with van der Waals surface area (Å²) >= 11 is 6.43. The molecule has 4 heteroatoms. The predicted molar refractivity (Wildman–Crippen MR) is 83.1 cm³/mol. The number of benzene rings is 1. The van der Waals surface area contributed by atoms with Crippen LogP contribution in [0.4, 0.5) is 5.69 Å². The number of nitrogens with one attached hydrogen (secondary N) is 1. The van der Waals surface area contributed by atoms with Gasteiger partial charge in [0.05, 0.1) is 10.7 Å². The first kappa shape index (κ1) is 14.6. The maximum absolute atomic E-state index is 6.43. The number of nitrogens with zero attached hydrogens (tertiary/aromatic N) is 2. The van der Waals surface area contributed by atoms with Crippen molar-refractivity contribution in [1.29, 1.82) is 0 Å². The zero-order chi connectivity index (χ0) is 13.8. The van der Waals surface area contributed by atoms with Crippen LogP contribution in [-0.2, 0) is 6.54 Å². The third kappa shape index (κ3) is 4.10. The molecule has 2 rings (SSSR count). The van der Waals surface area contributed by atoms with Crippen molar-refractivity contribution in [1.82, 2.24) is 10.2 Å². The first-order chi connectivity index (χ1) is 9.06. The van der Waals surface area contributed by atoms with Gasteiger partial charge in [-0.15, -0.1) is 0 Å². The number of halogens is 1. The van der Waals surface area contributed by atoms with Crippen LogP contribution in [0, 0.1) is 0 Å². The summed E-state index contributed by atoms with van der Waals surface area (Å²) < 4.78 is 0.